The second kappa shape index (κ2) is 7.77. The van der Waals surface area contributed by atoms with Crippen molar-refractivity contribution in [2.24, 2.45) is 0 Å². The highest BCUT2D eigenvalue weighted by Gasteiger charge is 2.21. The first kappa shape index (κ1) is 19.8. The molecule has 0 bridgehead atoms. The average Bonchev–Trinajstić information content (AvgIpc) is 2.52. The Balaban J connectivity index is 2.18. The van der Waals surface area contributed by atoms with E-state index in [0.29, 0.717) is 21.2 Å². The Labute approximate surface area is 158 Å². The van der Waals surface area contributed by atoms with Crippen molar-refractivity contribution in [2.75, 3.05) is 13.3 Å². The number of hydrogen-bond donors (Lipinski definition) is 0. The molecule has 0 aliphatic heterocycles. The first-order valence-electron chi connectivity index (χ1n) is 7.57. The number of halogens is 2. The van der Waals surface area contributed by atoms with Gasteiger partial charge in [0.2, 0.25) is 0 Å². The SMILES string of the molecule is CC(c1ccc(Cl)cc1Cl)N(C)C(=O)c1ccc(CS(C)(=O)=O)cc1. The van der Waals surface area contributed by atoms with Crippen LogP contribution in [0.2, 0.25) is 10.0 Å². The van der Waals surface area contributed by atoms with Gasteiger partial charge < -0.3 is 4.90 Å². The van der Waals surface area contributed by atoms with Crippen LogP contribution in [-0.2, 0) is 15.6 Å². The average molecular weight is 400 g/mol. The van der Waals surface area contributed by atoms with E-state index in [0.717, 1.165) is 5.56 Å². The van der Waals surface area contributed by atoms with Crippen LogP contribution >= 0.6 is 23.2 Å². The molecular formula is C18H19Cl2NO3S. The maximum atomic E-state index is 12.7. The molecule has 0 aromatic heterocycles. The summed E-state index contributed by atoms with van der Waals surface area (Å²) in [6.45, 7) is 1.88. The van der Waals surface area contributed by atoms with E-state index < -0.39 is 9.84 Å². The number of benzene rings is 2. The Morgan fingerprint density at radius 2 is 1.72 bits per heavy atom. The zero-order valence-corrected chi connectivity index (χ0v) is 16.5. The second-order valence-electron chi connectivity index (χ2n) is 6.02. The van der Waals surface area contributed by atoms with Crippen molar-refractivity contribution in [1.82, 2.24) is 4.90 Å². The van der Waals surface area contributed by atoms with Crippen LogP contribution in [0.5, 0.6) is 0 Å². The lowest BCUT2D eigenvalue weighted by Crippen LogP contribution is -2.29. The lowest BCUT2D eigenvalue weighted by atomic mass is 10.1. The van der Waals surface area contributed by atoms with E-state index in [1.165, 1.54) is 6.26 Å². The number of rotatable bonds is 5. The third-order valence-corrected chi connectivity index (χ3v) is 5.36. The van der Waals surface area contributed by atoms with Gasteiger partial charge in [0.05, 0.1) is 11.8 Å². The Bertz CT molecular complexity index is 880. The highest BCUT2D eigenvalue weighted by Crippen LogP contribution is 2.29. The molecule has 0 radical (unpaired) electrons. The van der Waals surface area contributed by atoms with E-state index in [9.17, 15) is 13.2 Å². The molecule has 0 heterocycles. The summed E-state index contributed by atoms with van der Waals surface area (Å²) in [6, 6.07) is 11.5. The molecule has 4 nitrogen and oxygen atoms in total. The summed E-state index contributed by atoms with van der Waals surface area (Å²) < 4.78 is 22.7. The second-order valence-corrected chi connectivity index (χ2v) is 9.01. The predicted octanol–water partition coefficient (Wildman–Crippen LogP) is 4.37. The summed E-state index contributed by atoms with van der Waals surface area (Å²) in [7, 11) is -1.41. The smallest absolute Gasteiger partial charge is 0.254 e. The molecule has 1 amide bonds. The maximum Gasteiger partial charge on any atom is 0.254 e. The van der Waals surface area contributed by atoms with Gasteiger partial charge in [-0.1, -0.05) is 41.4 Å². The molecule has 0 N–H and O–H groups in total. The van der Waals surface area contributed by atoms with E-state index in [1.807, 2.05) is 6.92 Å². The molecule has 1 unspecified atom stereocenters. The first-order chi connectivity index (χ1) is 11.6. The van der Waals surface area contributed by atoms with Gasteiger partial charge in [0, 0.05) is 28.9 Å². The minimum Gasteiger partial charge on any atom is -0.335 e. The molecule has 0 saturated heterocycles. The molecule has 0 aliphatic rings. The van der Waals surface area contributed by atoms with Crippen LogP contribution in [0.1, 0.15) is 34.5 Å². The lowest BCUT2D eigenvalue weighted by molar-refractivity contribution is 0.0742. The van der Waals surface area contributed by atoms with Crippen LogP contribution in [0.4, 0.5) is 0 Å². The zero-order chi connectivity index (χ0) is 18.8. The molecule has 2 aromatic rings. The van der Waals surface area contributed by atoms with E-state index in [2.05, 4.69) is 0 Å². The summed E-state index contributed by atoms with van der Waals surface area (Å²) in [5, 5.41) is 1.04. The number of carbonyl (C=O) groups excluding carboxylic acids is 1. The van der Waals surface area contributed by atoms with Crippen molar-refractivity contribution >= 4 is 38.9 Å². The summed E-state index contributed by atoms with van der Waals surface area (Å²) in [5.41, 5.74) is 1.93. The molecule has 2 rings (SSSR count). The van der Waals surface area contributed by atoms with Crippen LogP contribution < -0.4 is 0 Å². The number of amides is 1. The topological polar surface area (TPSA) is 54.5 Å². The normalized spacial score (nSPS) is 12.7. The Morgan fingerprint density at radius 3 is 2.24 bits per heavy atom. The van der Waals surface area contributed by atoms with Gasteiger partial charge in [-0.05, 0) is 42.3 Å². The standard InChI is InChI=1S/C18H19Cl2NO3S/c1-12(16-9-8-15(19)10-17(16)20)21(2)18(22)14-6-4-13(5-7-14)11-25(3,23)24/h4-10,12H,11H2,1-3H3. The third-order valence-electron chi connectivity index (χ3n) is 3.94. The lowest BCUT2D eigenvalue weighted by Gasteiger charge is -2.26. The summed E-state index contributed by atoms with van der Waals surface area (Å²) in [6.07, 6.45) is 1.18. The number of sulfone groups is 1. The highest BCUT2D eigenvalue weighted by atomic mass is 35.5. The summed E-state index contributed by atoms with van der Waals surface area (Å²) in [5.74, 6) is -0.224. The fourth-order valence-electron chi connectivity index (χ4n) is 2.47. The Hall–Kier alpha value is -1.56. The maximum absolute atomic E-state index is 12.7. The monoisotopic (exact) mass is 399 g/mol. The van der Waals surface area contributed by atoms with Gasteiger partial charge >= 0.3 is 0 Å². The first-order valence-corrected chi connectivity index (χ1v) is 10.4. The molecule has 2 aromatic carbocycles. The van der Waals surface area contributed by atoms with Gasteiger partial charge in [-0.3, -0.25) is 4.79 Å². The minimum atomic E-state index is -3.11. The van der Waals surface area contributed by atoms with Crippen LogP contribution in [-0.4, -0.2) is 32.5 Å². The van der Waals surface area contributed by atoms with Crippen LogP contribution in [0.15, 0.2) is 42.5 Å². The van der Waals surface area contributed by atoms with Crippen molar-refractivity contribution in [3.05, 3.63) is 69.2 Å². The molecule has 0 fully saturated rings. The fraction of sp³-hybridized carbons (Fsp3) is 0.278. The molecular weight excluding hydrogens is 381 g/mol. The van der Waals surface area contributed by atoms with Crippen molar-refractivity contribution in [2.45, 2.75) is 18.7 Å². The Kier molecular flexibility index (Phi) is 6.14. The fourth-order valence-corrected chi connectivity index (χ4v) is 3.84. The quantitative estimate of drug-likeness (QED) is 0.749. The highest BCUT2D eigenvalue weighted by molar-refractivity contribution is 7.89. The number of hydrogen-bond acceptors (Lipinski definition) is 3. The van der Waals surface area contributed by atoms with Crippen molar-refractivity contribution < 1.29 is 13.2 Å². The van der Waals surface area contributed by atoms with Crippen molar-refractivity contribution in [3.63, 3.8) is 0 Å². The van der Waals surface area contributed by atoms with Gasteiger partial charge in [0.15, 0.2) is 9.84 Å². The number of nitrogens with zero attached hydrogens (tertiary/aromatic N) is 1. The zero-order valence-electron chi connectivity index (χ0n) is 14.2. The molecule has 0 aliphatic carbocycles. The molecule has 1 atom stereocenters. The van der Waals surface area contributed by atoms with E-state index in [4.69, 9.17) is 23.2 Å². The molecule has 7 heteroatoms. The third kappa shape index (κ3) is 5.21. The van der Waals surface area contributed by atoms with Gasteiger partial charge in [-0.25, -0.2) is 8.42 Å². The molecule has 0 saturated carbocycles. The van der Waals surface area contributed by atoms with Crippen molar-refractivity contribution in [1.29, 1.82) is 0 Å². The molecule has 0 spiro atoms. The van der Waals surface area contributed by atoms with Gasteiger partial charge in [-0.15, -0.1) is 0 Å². The largest absolute Gasteiger partial charge is 0.335 e. The number of carbonyl (C=O) groups is 1. The van der Waals surface area contributed by atoms with Gasteiger partial charge in [-0.2, -0.15) is 0 Å². The van der Waals surface area contributed by atoms with E-state index >= 15 is 0 Å². The Morgan fingerprint density at radius 1 is 1.12 bits per heavy atom. The van der Waals surface area contributed by atoms with Crippen LogP contribution in [0, 0.1) is 0 Å². The van der Waals surface area contributed by atoms with Crippen molar-refractivity contribution in [3.8, 4) is 0 Å². The summed E-state index contributed by atoms with van der Waals surface area (Å²) >= 11 is 12.1. The van der Waals surface area contributed by atoms with Crippen LogP contribution in [0.25, 0.3) is 0 Å². The molecule has 25 heavy (non-hydrogen) atoms. The molecule has 134 valence electrons. The van der Waals surface area contributed by atoms with E-state index in [-0.39, 0.29) is 17.7 Å². The van der Waals surface area contributed by atoms with Gasteiger partial charge in [0.1, 0.15) is 0 Å². The van der Waals surface area contributed by atoms with Crippen LogP contribution in [0.3, 0.4) is 0 Å². The predicted molar refractivity (Wildman–Crippen MR) is 102 cm³/mol. The van der Waals surface area contributed by atoms with E-state index in [1.54, 1.807) is 54.4 Å². The minimum absolute atomic E-state index is 0.0475. The summed E-state index contributed by atoms with van der Waals surface area (Å²) in [4.78, 5) is 14.3. The van der Waals surface area contributed by atoms with Gasteiger partial charge in [0.25, 0.3) is 5.91 Å².